The van der Waals surface area contributed by atoms with Crippen LogP contribution in [0.15, 0.2) is 63.3 Å². The maximum atomic E-state index is 11.5. The topological polar surface area (TPSA) is 56.5 Å². The van der Waals surface area contributed by atoms with Gasteiger partial charge in [-0.15, -0.1) is 0 Å². The average molecular weight is 312 g/mol. The first-order valence-corrected chi connectivity index (χ1v) is 7.47. The number of ketones is 1. The SMILES string of the molecule is C=C(C)C(=O)CCC(C)=CCOc1ccc2ccc(=O)oc2c1. The van der Waals surface area contributed by atoms with Gasteiger partial charge in [0.2, 0.25) is 0 Å². The molecule has 0 saturated carbocycles. The highest BCUT2D eigenvalue weighted by Crippen LogP contribution is 2.19. The Morgan fingerprint density at radius 2 is 1.96 bits per heavy atom. The van der Waals surface area contributed by atoms with E-state index in [0.29, 0.717) is 36.4 Å². The van der Waals surface area contributed by atoms with Crippen LogP contribution in [0.25, 0.3) is 11.0 Å². The molecule has 0 saturated heterocycles. The summed E-state index contributed by atoms with van der Waals surface area (Å²) in [5.41, 5.74) is 1.80. The monoisotopic (exact) mass is 312 g/mol. The van der Waals surface area contributed by atoms with Gasteiger partial charge in [-0.2, -0.15) is 0 Å². The molecule has 0 radical (unpaired) electrons. The van der Waals surface area contributed by atoms with Crippen LogP contribution in [-0.2, 0) is 4.79 Å². The molecule has 23 heavy (non-hydrogen) atoms. The fourth-order valence-corrected chi connectivity index (χ4v) is 2.04. The molecule has 0 aliphatic heterocycles. The number of carbonyl (C=O) groups is 1. The minimum Gasteiger partial charge on any atom is -0.489 e. The summed E-state index contributed by atoms with van der Waals surface area (Å²) in [5, 5.41) is 0.849. The van der Waals surface area contributed by atoms with E-state index in [1.54, 1.807) is 19.1 Å². The highest BCUT2D eigenvalue weighted by atomic mass is 16.5. The summed E-state index contributed by atoms with van der Waals surface area (Å²) in [6.45, 7) is 7.73. The minimum atomic E-state index is -0.382. The van der Waals surface area contributed by atoms with E-state index in [0.717, 1.165) is 11.0 Å². The third-order valence-electron chi connectivity index (χ3n) is 3.50. The standard InChI is InChI=1S/C19H20O4/c1-13(2)17(20)8-4-14(3)10-11-22-16-7-5-15-6-9-19(21)23-18(15)12-16/h5-7,9-10,12H,1,4,8,11H2,2-3H3. The minimum absolute atomic E-state index is 0.0863. The van der Waals surface area contributed by atoms with Crippen molar-refractivity contribution in [1.29, 1.82) is 0 Å². The Balaban J connectivity index is 1.92. The van der Waals surface area contributed by atoms with Gasteiger partial charge in [-0.1, -0.05) is 12.2 Å². The number of ether oxygens (including phenoxy) is 1. The quantitative estimate of drug-likeness (QED) is 0.440. The largest absolute Gasteiger partial charge is 0.489 e. The zero-order valence-corrected chi connectivity index (χ0v) is 13.4. The predicted octanol–water partition coefficient (Wildman–Crippen LogP) is 4.04. The number of hydrogen-bond acceptors (Lipinski definition) is 4. The van der Waals surface area contributed by atoms with Gasteiger partial charge in [-0.05, 0) is 50.1 Å². The van der Waals surface area contributed by atoms with E-state index in [9.17, 15) is 9.59 Å². The van der Waals surface area contributed by atoms with Gasteiger partial charge in [0.15, 0.2) is 5.78 Å². The second-order valence-electron chi connectivity index (χ2n) is 5.52. The molecule has 0 aliphatic rings. The summed E-state index contributed by atoms with van der Waals surface area (Å²) in [5.74, 6) is 0.720. The van der Waals surface area contributed by atoms with E-state index < -0.39 is 0 Å². The Bertz CT molecular complexity index is 811. The number of allylic oxidation sites excluding steroid dienone is 2. The van der Waals surface area contributed by atoms with Crippen molar-refractivity contribution in [3.05, 3.63) is 64.6 Å². The summed E-state index contributed by atoms with van der Waals surface area (Å²) < 4.78 is 10.8. The van der Waals surface area contributed by atoms with E-state index in [4.69, 9.17) is 9.15 Å². The highest BCUT2D eigenvalue weighted by molar-refractivity contribution is 5.94. The highest BCUT2D eigenvalue weighted by Gasteiger charge is 2.03. The Kier molecular flexibility index (Phi) is 5.52. The van der Waals surface area contributed by atoms with Gasteiger partial charge in [0.25, 0.3) is 0 Å². The van der Waals surface area contributed by atoms with E-state index in [-0.39, 0.29) is 11.4 Å². The van der Waals surface area contributed by atoms with Gasteiger partial charge in [-0.3, -0.25) is 4.79 Å². The summed E-state index contributed by atoms with van der Waals surface area (Å²) in [6.07, 6.45) is 3.11. The van der Waals surface area contributed by atoms with Gasteiger partial charge in [0, 0.05) is 23.9 Å². The van der Waals surface area contributed by atoms with Gasteiger partial charge in [-0.25, -0.2) is 4.79 Å². The molecule has 0 bridgehead atoms. The number of Topliss-reactive ketones (excluding diaryl/α,β-unsaturated/α-hetero) is 1. The summed E-state index contributed by atoms with van der Waals surface area (Å²) in [4.78, 5) is 22.7. The normalized spacial score (nSPS) is 11.5. The molecule has 4 nitrogen and oxygen atoms in total. The van der Waals surface area contributed by atoms with Crippen LogP contribution >= 0.6 is 0 Å². The first-order chi connectivity index (χ1) is 11.0. The molecule has 0 spiro atoms. The lowest BCUT2D eigenvalue weighted by molar-refractivity contribution is -0.115. The molecular weight excluding hydrogens is 292 g/mol. The number of benzene rings is 1. The molecule has 1 heterocycles. The third-order valence-corrected chi connectivity index (χ3v) is 3.50. The third kappa shape index (κ3) is 4.95. The van der Waals surface area contributed by atoms with Crippen LogP contribution in [0, 0.1) is 0 Å². The molecule has 0 unspecified atom stereocenters. The van der Waals surface area contributed by atoms with Crippen molar-refractivity contribution in [2.24, 2.45) is 0 Å². The Morgan fingerprint density at radius 1 is 1.22 bits per heavy atom. The molecule has 0 aliphatic carbocycles. The van der Waals surface area contributed by atoms with Gasteiger partial charge < -0.3 is 9.15 Å². The first kappa shape index (κ1) is 16.7. The van der Waals surface area contributed by atoms with Crippen LogP contribution in [0.5, 0.6) is 5.75 Å². The van der Waals surface area contributed by atoms with E-state index in [1.165, 1.54) is 6.07 Å². The fourth-order valence-electron chi connectivity index (χ4n) is 2.04. The summed E-state index contributed by atoms with van der Waals surface area (Å²) in [6, 6.07) is 8.48. The molecule has 2 aromatic rings. The van der Waals surface area contributed by atoms with Crippen molar-refractivity contribution in [3.8, 4) is 5.75 Å². The van der Waals surface area contributed by atoms with Crippen LogP contribution in [0.1, 0.15) is 26.7 Å². The molecule has 0 amide bonds. The van der Waals surface area contributed by atoms with Crippen molar-refractivity contribution in [2.45, 2.75) is 26.7 Å². The van der Waals surface area contributed by atoms with Crippen LogP contribution in [0.2, 0.25) is 0 Å². The van der Waals surface area contributed by atoms with Crippen LogP contribution in [0.3, 0.4) is 0 Å². The van der Waals surface area contributed by atoms with Crippen molar-refractivity contribution < 1.29 is 13.9 Å². The van der Waals surface area contributed by atoms with Crippen molar-refractivity contribution in [1.82, 2.24) is 0 Å². The second-order valence-corrected chi connectivity index (χ2v) is 5.52. The number of hydrogen-bond donors (Lipinski definition) is 0. The zero-order chi connectivity index (χ0) is 16.8. The number of carbonyl (C=O) groups excluding carboxylic acids is 1. The lowest BCUT2D eigenvalue weighted by Gasteiger charge is -2.06. The van der Waals surface area contributed by atoms with Crippen molar-refractivity contribution in [3.63, 3.8) is 0 Å². The van der Waals surface area contributed by atoms with Crippen LogP contribution < -0.4 is 10.4 Å². The van der Waals surface area contributed by atoms with Gasteiger partial charge in [0.1, 0.15) is 17.9 Å². The van der Waals surface area contributed by atoms with E-state index in [1.807, 2.05) is 25.1 Å². The van der Waals surface area contributed by atoms with Crippen LogP contribution in [-0.4, -0.2) is 12.4 Å². The molecule has 2 rings (SSSR count). The lowest BCUT2D eigenvalue weighted by atomic mass is 10.1. The molecule has 0 N–H and O–H groups in total. The van der Waals surface area contributed by atoms with Crippen molar-refractivity contribution in [2.75, 3.05) is 6.61 Å². The van der Waals surface area contributed by atoms with Crippen LogP contribution in [0.4, 0.5) is 0 Å². The summed E-state index contributed by atoms with van der Waals surface area (Å²) >= 11 is 0. The molecule has 120 valence electrons. The molecule has 1 aromatic heterocycles. The van der Waals surface area contributed by atoms with E-state index >= 15 is 0 Å². The summed E-state index contributed by atoms with van der Waals surface area (Å²) in [7, 11) is 0. The average Bonchev–Trinajstić information content (AvgIpc) is 2.52. The van der Waals surface area contributed by atoms with Gasteiger partial charge in [0.05, 0.1) is 0 Å². The second kappa shape index (κ2) is 7.58. The predicted molar refractivity (Wildman–Crippen MR) is 90.8 cm³/mol. The molecule has 0 fully saturated rings. The maximum Gasteiger partial charge on any atom is 0.336 e. The fraction of sp³-hybridized carbons (Fsp3) is 0.263. The van der Waals surface area contributed by atoms with E-state index in [2.05, 4.69) is 6.58 Å². The zero-order valence-electron chi connectivity index (χ0n) is 13.4. The molecule has 4 heteroatoms. The van der Waals surface area contributed by atoms with Gasteiger partial charge >= 0.3 is 5.63 Å². The lowest BCUT2D eigenvalue weighted by Crippen LogP contribution is -2.00. The molecule has 1 aromatic carbocycles. The maximum absolute atomic E-state index is 11.5. The number of fused-ring (bicyclic) bond motifs is 1. The molecule has 0 atom stereocenters. The Labute approximate surface area is 135 Å². The Hall–Kier alpha value is -2.62. The first-order valence-electron chi connectivity index (χ1n) is 7.47. The molecular formula is C19H20O4. The van der Waals surface area contributed by atoms with Crippen molar-refractivity contribution >= 4 is 16.8 Å². The Morgan fingerprint density at radius 3 is 2.70 bits per heavy atom. The smallest absolute Gasteiger partial charge is 0.336 e. The number of rotatable bonds is 7.